The molecule has 0 saturated carbocycles. The molecular weight excluding hydrogens is 669 g/mol. The Morgan fingerprint density at radius 2 is 2.11 bits per heavy atom. The van der Waals surface area contributed by atoms with Gasteiger partial charge in [-0.1, -0.05) is 16.9 Å². The molecule has 4 amide bonds. The van der Waals surface area contributed by atoms with E-state index in [1.807, 2.05) is 0 Å². The molecule has 0 bridgehead atoms. The van der Waals surface area contributed by atoms with E-state index in [1.165, 1.54) is 26.7 Å². The quantitative estimate of drug-likeness (QED) is 0.0381. The first-order valence-electron chi connectivity index (χ1n) is 13.7. The number of aliphatic hydroxyl groups excluding tert-OH is 1. The zero-order valence-corrected chi connectivity index (χ0v) is 27.3. The molecule has 2 unspecified atom stereocenters. The number of hydrogen-bond acceptors (Lipinski definition) is 16. The Kier molecular flexibility index (Phi) is 11.4. The molecule has 5 N–H and O–H groups in total. The number of β-lactam (4-membered cyclic amide) rings is 1. The molecule has 46 heavy (non-hydrogen) atoms. The van der Waals surface area contributed by atoms with Gasteiger partial charge in [0.05, 0.1) is 19.7 Å². The van der Waals surface area contributed by atoms with Gasteiger partial charge in [0, 0.05) is 23.4 Å². The standard InChI is InChI=1S/C24H32N10O9S3/c1-23(2,3)43-22(41)25-4-7-42-30-14(13-8-44-20(27-13)26-12-36)16(37)28-15-17(38)33-9-24(19(39)40,10-45-18(15)33)11-46-21-29-31-32-34(21)5-6-35/h8,12,15,18,35H,4-7,9-11H2,1-3H3,(H,25,41)(H,28,37)(H,39,40)(H,26,27,36)/t15?,18-,24?/m1/s1. The summed E-state index contributed by atoms with van der Waals surface area (Å²) in [5, 5.41) is 43.4. The Bertz CT molecular complexity index is 1480. The number of aliphatic carboxylic acids is 1. The number of carbonyl (C=O) groups is 5. The summed E-state index contributed by atoms with van der Waals surface area (Å²) < 4.78 is 6.51. The SMILES string of the molecule is CC(C)(C)OC(=O)NCCON=C(C(=O)NC1C(=O)N2CC(CSc3nnnn3CCO)(C(=O)O)CS[C@H]12)c1csc(NC=O)n1. The largest absolute Gasteiger partial charge is 0.481 e. The fourth-order valence-corrected chi connectivity index (χ4v) is 7.60. The van der Waals surface area contributed by atoms with Crippen molar-refractivity contribution in [2.45, 2.75) is 49.5 Å². The van der Waals surface area contributed by atoms with Gasteiger partial charge < -0.3 is 40.6 Å². The van der Waals surface area contributed by atoms with Crippen LogP contribution in [0.25, 0.3) is 0 Å². The third-order valence-electron chi connectivity index (χ3n) is 6.34. The van der Waals surface area contributed by atoms with Gasteiger partial charge in [-0.25, -0.2) is 14.5 Å². The molecule has 19 nitrogen and oxygen atoms in total. The summed E-state index contributed by atoms with van der Waals surface area (Å²) in [6.45, 7) is 4.88. The molecule has 0 spiro atoms. The van der Waals surface area contributed by atoms with Gasteiger partial charge in [0.15, 0.2) is 10.8 Å². The first kappa shape index (κ1) is 34.8. The molecule has 2 saturated heterocycles. The molecule has 3 atom stereocenters. The highest BCUT2D eigenvalue weighted by Crippen LogP contribution is 2.44. The number of nitrogens with zero attached hydrogens (tertiary/aromatic N) is 7. The van der Waals surface area contributed by atoms with E-state index in [0.29, 0.717) is 11.6 Å². The molecular formula is C24H32N10O9S3. The van der Waals surface area contributed by atoms with Crippen LogP contribution in [0.3, 0.4) is 0 Å². The number of aliphatic hydroxyl groups is 1. The van der Waals surface area contributed by atoms with Crippen molar-refractivity contribution in [3.8, 4) is 0 Å². The first-order valence-corrected chi connectivity index (χ1v) is 16.6. The van der Waals surface area contributed by atoms with Gasteiger partial charge in [0.25, 0.3) is 5.91 Å². The van der Waals surface area contributed by atoms with Crippen LogP contribution in [-0.4, -0.2) is 131 Å². The van der Waals surface area contributed by atoms with E-state index in [4.69, 9.17) is 9.57 Å². The van der Waals surface area contributed by atoms with Crippen LogP contribution in [-0.2, 0) is 35.3 Å². The van der Waals surface area contributed by atoms with E-state index in [9.17, 15) is 34.2 Å². The van der Waals surface area contributed by atoms with Gasteiger partial charge in [-0.05, 0) is 31.2 Å². The van der Waals surface area contributed by atoms with Crippen LogP contribution in [0.4, 0.5) is 9.93 Å². The Hall–Kier alpha value is -4.02. The second-order valence-corrected chi connectivity index (χ2v) is 13.8. The van der Waals surface area contributed by atoms with E-state index in [1.54, 1.807) is 20.8 Å². The van der Waals surface area contributed by atoms with Crippen molar-refractivity contribution in [1.82, 2.24) is 40.7 Å². The van der Waals surface area contributed by atoms with Crippen molar-refractivity contribution >= 4 is 76.0 Å². The molecule has 0 radical (unpaired) electrons. The Labute approximate surface area is 274 Å². The van der Waals surface area contributed by atoms with Gasteiger partial charge in [-0.15, -0.1) is 28.2 Å². The lowest BCUT2D eigenvalue weighted by Crippen LogP contribution is -2.74. The minimum atomic E-state index is -1.32. The third kappa shape index (κ3) is 8.41. The number of tetrazole rings is 1. The predicted octanol–water partition coefficient (Wildman–Crippen LogP) is -0.801. The van der Waals surface area contributed by atoms with Gasteiger partial charge in [-0.3, -0.25) is 19.2 Å². The summed E-state index contributed by atoms with van der Waals surface area (Å²) in [4.78, 5) is 72.4. The van der Waals surface area contributed by atoms with E-state index in [0.717, 1.165) is 23.1 Å². The number of ether oxygens (including phenoxy) is 1. The molecule has 22 heteroatoms. The summed E-state index contributed by atoms with van der Waals surface area (Å²) in [6, 6.07) is -0.973. The first-order chi connectivity index (χ1) is 21.9. The highest BCUT2D eigenvalue weighted by molar-refractivity contribution is 8.00. The number of aromatic nitrogens is 5. The molecule has 4 rings (SSSR count). The minimum absolute atomic E-state index is 0.0110. The maximum Gasteiger partial charge on any atom is 0.407 e. The number of fused-ring (bicyclic) bond motifs is 1. The molecule has 2 fully saturated rings. The number of thioether (sulfide) groups is 2. The second kappa shape index (κ2) is 15.0. The topological polar surface area (TPSA) is 252 Å². The summed E-state index contributed by atoms with van der Waals surface area (Å²) >= 11 is 3.36. The van der Waals surface area contributed by atoms with Crippen molar-refractivity contribution in [2.24, 2.45) is 10.6 Å². The smallest absolute Gasteiger partial charge is 0.407 e. The highest BCUT2D eigenvalue weighted by Gasteiger charge is 2.57. The number of rotatable bonds is 15. The Morgan fingerprint density at radius 3 is 2.80 bits per heavy atom. The summed E-state index contributed by atoms with van der Waals surface area (Å²) in [6.07, 6.45) is -0.236. The number of carboxylic acids is 1. The third-order valence-corrected chi connectivity index (χ3v) is 9.94. The number of anilines is 1. The zero-order valence-electron chi connectivity index (χ0n) is 24.9. The molecule has 2 aliphatic rings. The Balaban J connectivity index is 1.39. The van der Waals surface area contributed by atoms with E-state index in [2.05, 4.69) is 41.6 Å². The maximum absolute atomic E-state index is 13.4. The van der Waals surface area contributed by atoms with Gasteiger partial charge >= 0.3 is 12.1 Å². The van der Waals surface area contributed by atoms with Crippen molar-refractivity contribution in [3.05, 3.63) is 11.1 Å². The lowest BCUT2D eigenvalue weighted by molar-refractivity contribution is -0.157. The lowest BCUT2D eigenvalue weighted by Gasteiger charge is -2.53. The number of nitrogens with one attached hydrogen (secondary N) is 3. The fraction of sp³-hybridized carbons (Fsp3) is 0.583. The average Bonchev–Trinajstić information content (AvgIpc) is 3.65. The van der Waals surface area contributed by atoms with Crippen LogP contribution in [0.2, 0.25) is 0 Å². The summed E-state index contributed by atoms with van der Waals surface area (Å²) in [5.41, 5.74) is -2.22. The predicted molar refractivity (Wildman–Crippen MR) is 164 cm³/mol. The monoisotopic (exact) mass is 700 g/mol. The number of alkyl carbamates (subject to hydrolysis) is 1. The minimum Gasteiger partial charge on any atom is -0.481 e. The number of carboxylic acid groups (broad SMARTS) is 1. The number of amides is 4. The fourth-order valence-electron chi connectivity index (χ4n) is 4.18. The van der Waals surface area contributed by atoms with Gasteiger partial charge in [0.1, 0.15) is 34.7 Å². The van der Waals surface area contributed by atoms with Crippen molar-refractivity contribution in [1.29, 1.82) is 0 Å². The molecule has 2 aliphatic heterocycles. The molecule has 250 valence electrons. The van der Waals surface area contributed by atoms with Crippen LogP contribution in [0.15, 0.2) is 15.7 Å². The van der Waals surface area contributed by atoms with E-state index >= 15 is 0 Å². The van der Waals surface area contributed by atoms with Crippen LogP contribution in [0, 0.1) is 5.41 Å². The maximum atomic E-state index is 13.4. The second-order valence-electron chi connectivity index (χ2n) is 10.9. The van der Waals surface area contributed by atoms with Crippen LogP contribution >= 0.6 is 34.9 Å². The summed E-state index contributed by atoms with van der Waals surface area (Å²) in [7, 11) is 0. The number of carbonyl (C=O) groups excluding carboxylic acids is 4. The van der Waals surface area contributed by atoms with Crippen molar-refractivity contribution < 1.29 is 43.8 Å². The van der Waals surface area contributed by atoms with E-state index in [-0.39, 0.29) is 60.9 Å². The van der Waals surface area contributed by atoms with Gasteiger partial charge in [-0.2, -0.15) is 0 Å². The highest BCUT2D eigenvalue weighted by atomic mass is 32.2. The lowest BCUT2D eigenvalue weighted by atomic mass is 9.89. The molecule has 0 aliphatic carbocycles. The van der Waals surface area contributed by atoms with Crippen LogP contribution in [0.1, 0.15) is 26.5 Å². The Morgan fingerprint density at radius 1 is 1.33 bits per heavy atom. The zero-order chi connectivity index (χ0) is 33.5. The van der Waals surface area contributed by atoms with Gasteiger partial charge in [0.2, 0.25) is 17.5 Å². The normalized spacial score (nSPS) is 21.1. The number of thiazole rings is 1. The summed E-state index contributed by atoms with van der Waals surface area (Å²) in [5.74, 6) is -2.16. The molecule has 2 aromatic rings. The average molecular weight is 701 g/mol. The number of oxime groups is 1. The molecule has 2 aromatic heterocycles. The molecule has 4 heterocycles. The van der Waals surface area contributed by atoms with Crippen LogP contribution < -0.4 is 16.0 Å². The number of hydrogen-bond donors (Lipinski definition) is 5. The molecule has 0 aromatic carbocycles. The van der Waals surface area contributed by atoms with Crippen molar-refractivity contribution in [3.63, 3.8) is 0 Å². The van der Waals surface area contributed by atoms with Crippen molar-refractivity contribution in [2.75, 3.05) is 43.1 Å². The van der Waals surface area contributed by atoms with E-state index < -0.39 is 46.3 Å². The van der Waals surface area contributed by atoms with Crippen LogP contribution in [0.5, 0.6) is 0 Å².